The van der Waals surface area contributed by atoms with Crippen LogP contribution in [0.3, 0.4) is 0 Å². The van der Waals surface area contributed by atoms with Gasteiger partial charge in [0, 0.05) is 18.8 Å². The predicted molar refractivity (Wildman–Crippen MR) is 111 cm³/mol. The first-order valence-electron chi connectivity index (χ1n) is 9.09. The van der Waals surface area contributed by atoms with Gasteiger partial charge in [0.25, 0.3) is 11.5 Å². The number of alkyl halides is 3. The van der Waals surface area contributed by atoms with Gasteiger partial charge in [0.1, 0.15) is 15.6 Å². The molecule has 0 aliphatic heterocycles. The quantitative estimate of drug-likeness (QED) is 0.632. The molecule has 1 aromatic carbocycles. The minimum absolute atomic E-state index is 0.0248. The molecule has 0 aliphatic rings. The first kappa shape index (κ1) is 22.5. The van der Waals surface area contributed by atoms with Crippen LogP contribution in [0.1, 0.15) is 26.6 Å². The first-order valence-corrected chi connectivity index (χ1v) is 9.91. The summed E-state index contributed by atoms with van der Waals surface area (Å²) in [6.45, 7) is 3.76. The second-order valence-corrected chi connectivity index (χ2v) is 7.83. The Morgan fingerprint density at radius 3 is 2.61 bits per heavy atom. The Morgan fingerprint density at radius 1 is 1.23 bits per heavy atom. The number of hydrogen-bond acceptors (Lipinski definition) is 6. The molecule has 0 atom stereocenters. The summed E-state index contributed by atoms with van der Waals surface area (Å²) in [5.74, 6) is -0.516. The number of anilines is 1. The van der Waals surface area contributed by atoms with Crippen molar-refractivity contribution >= 4 is 22.9 Å². The number of aryl methyl sites for hydroxylation is 3. The van der Waals surface area contributed by atoms with E-state index in [2.05, 4.69) is 15.4 Å². The molecule has 1 amide bonds. The van der Waals surface area contributed by atoms with Crippen LogP contribution >= 0.6 is 11.3 Å². The first-order chi connectivity index (χ1) is 14.5. The number of nitrogens with zero attached hydrogens (tertiary/aromatic N) is 3. The molecule has 1 N–H and O–H groups in total. The number of hydrogen-bond donors (Lipinski definition) is 1. The average Bonchev–Trinajstić information content (AvgIpc) is 3.06. The van der Waals surface area contributed by atoms with E-state index in [0.717, 1.165) is 11.3 Å². The van der Waals surface area contributed by atoms with E-state index in [-0.39, 0.29) is 21.9 Å². The van der Waals surface area contributed by atoms with E-state index in [0.29, 0.717) is 27.5 Å². The predicted octanol–water partition coefficient (Wildman–Crippen LogP) is 4.02. The number of rotatable bonds is 5. The molecule has 3 rings (SSSR count). The molecule has 11 heteroatoms. The highest BCUT2D eigenvalue weighted by Gasteiger charge is 2.28. The topological polar surface area (TPSA) is 86.1 Å². The molecule has 31 heavy (non-hydrogen) atoms. The maximum atomic E-state index is 12.8. The van der Waals surface area contributed by atoms with Crippen LogP contribution in [-0.2, 0) is 7.05 Å². The van der Waals surface area contributed by atoms with Gasteiger partial charge < -0.3 is 10.1 Å². The van der Waals surface area contributed by atoms with Crippen LogP contribution in [0.2, 0.25) is 0 Å². The van der Waals surface area contributed by atoms with Gasteiger partial charge in [0.15, 0.2) is 6.61 Å². The van der Waals surface area contributed by atoms with Crippen molar-refractivity contribution in [2.75, 3.05) is 11.9 Å². The van der Waals surface area contributed by atoms with Crippen LogP contribution < -0.4 is 15.6 Å². The zero-order chi connectivity index (χ0) is 22.9. The Balaban J connectivity index is 1.86. The van der Waals surface area contributed by atoms with Crippen LogP contribution in [0.5, 0.6) is 5.75 Å². The molecule has 0 saturated carbocycles. The summed E-state index contributed by atoms with van der Waals surface area (Å²) in [6.07, 6.45) is -4.46. The van der Waals surface area contributed by atoms with Crippen molar-refractivity contribution in [2.24, 2.45) is 7.05 Å². The lowest BCUT2D eigenvalue weighted by Crippen LogP contribution is -2.23. The molecule has 3 aromatic rings. The number of carbonyl (C=O) groups excluding carboxylic acids is 1. The average molecular weight is 452 g/mol. The van der Waals surface area contributed by atoms with Gasteiger partial charge in [-0.1, -0.05) is 6.07 Å². The molecule has 0 unspecified atom stereocenters. The largest absolute Gasteiger partial charge is 0.484 e. The van der Waals surface area contributed by atoms with Crippen LogP contribution in [0.4, 0.5) is 18.9 Å². The van der Waals surface area contributed by atoms with E-state index >= 15 is 0 Å². The van der Waals surface area contributed by atoms with E-state index in [1.807, 2.05) is 0 Å². The van der Waals surface area contributed by atoms with Gasteiger partial charge >= 0.3 is 6.18 Å². The highest BCUT2D eigenvalue weighted by molar-refractivity contribution is 7.17. The Labute approximate surface area is 179 Å². The van der Waals surface area contributed by atoms with E-state index < -0.39 is 18.7 Å². The number of nitrogens with one attached hydrogen (secondary N) is 1. The zero-order valence-corrected chi connectivity index (χ0v) is 17.9. The summed E-state index contributed by atoms with van der Waals surface area (Å²) in [5.41, 5.74) is 2.11. The van der Waals surface area contributed by atoms with E-state index in [1.54, 1.807) is 27.8 Å². The van der Waals surface area contributed by atoms with E-state index in [1.165, 1.54) is 28.9 Å². The SMILES string of the molecule is Cc1nc(-c2c(C)c(C)nn(C)c2=O)sc1C(=O)Nc1cccc(OCC(F)(F)F)c1. The van der Waals surface area contributed by atoms with Crippen molar-refractivity contribution < 1.29 is 22.7 Å². The third-order valence-electron chi connectivity index (χ3n) is 4.44. The molecule has 0 fully saturated rings. The molecule has 0 bridgehead atoms. The summed E-state index contributed by atoms with van der Waals surface area (Å²) in [7, 11) is 1.54. The monoisotopic (exact) mass is 452 g/mol. The van der Waals surface area contributed by atoms with Crippen LogP contribution in [0.25, 0.3) is 10.6 Å². The molecule has 0 aliphatic carbocycles. The lowest BCUT2D eigenvalue weighted by molar-refractivity contribution is -0.153. The fourth-order valence-corrected chi connectivity index (χ4v) is 3.89. The number of aromatic nitrogens is 3. The maximum absolute atomic E-state index is 12.8. The normalized spacial score (nSPS) is 11.5. The van der Waals surface area contributed by atoms with Crippen molar-refractivity contribution in [1.82, 2.24) is 14.8 Å². The molecule has 0 saturated heterocycles. The third kappa shape index (κ3) is 5.10. The number of halogens is 3. The van der Waals surface area contributed by atoms with Crippen molar-refractivity contribution in [3.8, 4) is 16.3 Å². The van der Waals surface area contributed by atoms with Gasteiger partial charge in [-0.15, -0.1) is 11.3 Å². The third-order valence-corrected chi connectivity index (χ3v) is 5.61. The van der Waals surface area contributed by atoms with Gasteiger partial charge in [0.2, 0.25) is 0 Å². The summed E-state index contributed by atoms with van der Waals surface area (Å²) >= 11 is 1.06. The summed E-state index contributed by atoms with van der Waals surface area (Å²) in [4.78, 5) is 30.0. The Morgan fingerprint density at radius 2 is 1.94 bits per heavy atom. The molecule has 2 heterocycles. The number of ether oxygens (including phenoxy) is 1. The lowest BCUT2D eigenvalue weighted by Gasteiger charge is -2.10. The number of thiazole rings is 1. The lowest BCUT2D eigenvalue weighted by atomic mass is 10.1. The molecular formula is C20H19F3N4O3S. The van der Waals surface area contributed by atoms with Gasteiger partial charge in [0.05, 0.1) is 17.0 Å². The smallest absolute Gasteiger partial charge is 0.422 e. The van der Waals surface area contributed by atoms with Crippen molar-refractivity contribution in [2.45, 2.75) is 26.9 Å². The summed E-state index contributed by atoms with van der Waals surface area (Å²) in [5, 5.41) is 7.16. The molecule has 7 nitrogen and oxygen atoms in total. The molecular weight excluding hydrogens is 433 g/mol. The van der Waals surface area contributed by atoms with Crippen LogP contribution in [0, 0.1) is 20.8 Å². The zero-order valence-electron chi connectivity index (χ0n) is 17.1. The molecule has 164 valence electrons. The number of benzene rings is 1. The molecule has 0 radical (unpaired) electrons. The Bertz CT molecular complexity index is 1200. The maximum Gasteiger partial charge on any atom is 0.422 e. The minimum atomic E-state index is -4.46. The van der Waals surface area contributed by atoms with Crippen molar-refractivity contribution in [3.63, 3.8) is 0 Å². The van der Waals surface area contributed by atoms with E-state index in [9.17, 15) is 22.8 Å². The highest BCUT2D eigenvalue weighted by Crippen LogP contribution is 2.29. The Kier molecular flexibility index (Phi) is 6.16. The van der Waals surface area contributed by atoms with Gasteiger partial charge in [-0.2, -0.15) is 18.3 Å². The van der Waals surface area contributed by atoms with E-state index in [4.69, 9.17) is 4.74 Å². The highest BCUT2D eigenvalue weighted by atomic mass is 32.1. The van der Waals surface area contributed by atoms with Crippen LogP contribution in [-0.4, -0.2) is 33.5 Å². The summed E-state index contributed by atoms with van der Waals surface area (Å²) in [6, 6.07) is 5.66. The number of carbonyl (C=O) groups is 1. The standard InChI is InChI=1S/C20H19F3N4O3S/c1-10-11(2)26-27(4)19(29)15(10)18-24-12(3)16(31-18)17(28)25-13-6-5-7-14(8-13)30-9-20(21,22)23/h5-8H,9H2,1-4H3,(H,25,28). The van der Waals surface area contributed by atoms with Gasteiger partial charge in [-0.25, -0.2) is 9.67 Å². The molecule has 0 spiro atoms. The molecule has 2 aromatic heterocycles. The fourth-order valence-electron chi connectivity index (χ4n) is 2.83. The second kappa shape index (κ2) is 8.50. The van der Waals surface area contributed by atoms with Crippen molar-refractivity contribution in [1.29, 1.82) is 0 Å². The fraction of sp³-hybridized carbons (Fsp3) is 0.300. The van der Waals surface area contributed by atoms with Crippen molar-refractivity contribution in [3.05, 3.63) is 56.4 Å². The van der Waals surface area contributed by atoms with Crippen LogP contribution in [0.15, 0.2) is 29.1 Å². The van der Waals surface area contributed by atoms with Gasteiger partial charge in [-0.3, -0.25) is 9.59 Å². The second-order valence-electron chi connectivity index (χ2n) is 6.83. The summed E-state index contributed by atoms with van der Waals surface area (Å²) < 4.78 is 42.9. The van der Waals surface area contributed by atoms with Gasteiger partial charge in [-0.05, 0) is 38.5 Å². The Hall–Kier alpha value is -3.21. The number of amides is 1. The minimum Gasteiger partial charge on any atom is -0.484 e.